The van der Waals surface area contributed by atoms with Gasteiger partial charge in [0, 0.05) is 0 Å². The zero-order valence-corrected chi connectivity index (χ0v) is 11.5. The molecule has 5 atom stereocenters. The highest BCUT2D eigenvalue weighted by molar-refractivity contribution is 5.02. The Balaban J connectivity index is 1.65. The van der Waals surface area contributed by atoms with Crippen molar-refractivity contribution >= 4 is 0 Å². The van der Waals surface area contributed by atoms with Gasteiger partial charge in [0.25, 0.3) is 0 Å². The van der Waals surface area contributed by atoms with Crippen LogP contribution < -0.4 is 0 Å². The molecule has 0 amide bonds. The Hall–Kier alpha value is -0.0400. The van der Waals surface area contributed by atoms with Gasteiger partial charge < -0.3 is 5.11 Å². The zero-order valence-electron chi connectivity index (χ0n) is 11.5. The topological polar surface area (TPSA) is 20.2 Å². The second-order valence-corrected chi connectivity index (χ2v) is 7.62. The van der Waals surface area contributed by atoms with E-state index in [0.717, 1.165) is 36.5 Å². The van der Waals surface area contributed by atoms with E-state index >= 15 is 0 Å². The molecule has 0 aromatic rings. The first-order chi connectivity index (χ1) is 8.07. The van der Waals surface area contributed by atoms with Gasteiger partial charge in [0.15, 0.2) is 0 Å². The fourth-order valence-corrected chi connectivity index (χ4v) is 5.30. The Kier molecular flexibility index (Phi) is 3.01. The van der Waals surface area contributed by atoms with E-state index in [0.29, 0.717) is 5.41 Å². The molecule has 3 aliphatic carbocycles. The molecule has 0 spiro atoms. The maximum atomic E-state index is 9.82. The van der Waals surface area contributed by atoms with E-state index in [2.05, 4.69) is 13.8 Å². The first-order valence-electron chi connectivity index (χ1n) is 7.75. The van der Waals surface area contributed by atoms with Gasteiger partial charge in [-0.3, -0.25) is 0 Å². The molecule has 3 aliphatic rings. The third-order valence-corrected chi connectivity index (χ3v) is 6.39. The largest absolute Gasteiger partial charge is 0.393 e. The Morgan fingerprint density at radius 3 is 2.53 bits per heavy atom. The Bertz CT molecular complexity index is 283. The molecule has 0 radical (unpaired) electrons. The van der Waals surface area contributed by atoms with Gasteiger partial charge in [-0.2, -0.15) is 0 Å². The van der Waals surface area contributed by atoms with Crippen LogP contribution in [-0.2, 0) is 0 Å². The lowest BCUT2D eigenvalue weighted by Gasteiger charge is -2.41. The van der Waals surface area contributed by atoms with E-state index in [1.165, 1.54) is 38.5 Å². The first kappa shape index (κ1) is 12.0. The molecule has 98 valence electrons. The summed E-state index contributed by atoms with van der Waals surface area (Å²) in [4.78, 5) is 0. The number of fused-ring (bicyclic) bond motifs is 2. The lowest BCUT2D eigenvalue weighted by molar-refractivity contribution is 0.0556. The minimum absolute atomic E-state index is 0.00968. The van der Waals surface area contributed by atoms with E-state index in [1.807, 2.05) is 0 Å². The predicted octanol–water partition coefficient (Wildman–Crippen LogP) is 4.00. The predicted molar refractivity (Wildman–Crippen MR) is 70.7 cm³/mol. The third kappa shape index (κ3) is 2.05. The molecule has 0 saturated heterocycles. The van der Waals surface area contributed by atoms with Crippen molar-refractivity contribution in [1.29, 1.82) is 0 Å². The van der Waals surface area contributed by atoms with E-state index in [-0.39, 0.29) is 6.10 Å². The average Bonchev–Trinajstić information content (AvgIpc) is 2.81. The first-order valence-corrected chi connectivity index (χ1v) is 7.75. The summed E-state index contributed by atoms with van der Waals surface area (Å²) in [6.07, 6.45) is 10.7. The summed E-state index contributed by atoms with van der Waals surface area (Å²) in [5.74, 6) is 3.80. The number of rotatable bonds is 2. The third-order valence-electron chi connectivity index (χ3n) is 6.39. The van der Waals surface area contributed by atoms with Crippen molar-refractivity contribution in [2.75, 3.05) is 0 Å². The molecule has 0 aliphatic heterocycles. The smallest absolute Gasteiger partial charge is 0.0542 e. The van der Waals surface area contributed by atoms with Crippen molar-refractivity contribution in [3.8, 4) is 0 Å². The SMILES string of the molecule is CC1(C)C2CCC(C2)C1CC1CCCC(O)C1. The molecule has 5 unspecified atom stereocenters. The second kappa shape index (κ2) is 4.26. The summed E-state index contributed by atoms with van der Waals surface area (Å²) in [6, 6.07) is 0. The zero-order chi connectivity index (χ0) is 12.0. The number of aliphatic hydroxyl groups is 1. The highest BCUT2D eigenvalue weighted by Crippen LogP contribution is 2.61. The average molecular weight is 236 g/mol. The van der Waals surface area contributed by atoms with Crippen LogP contribution in [0.5, 0.6) is 0 Å². The molecule has 0 heterocycles. The summed E-state index contributed by atoms with van der Waals surface area (Å²) in [7, 11) is 0. The quantitative estimate of drug-likeness (QED) is 0.768. The maximum absolute atomic E-state index is 9.82. The molecule has 3 saturated carbocycles. The summed E-state index contributed by atoms with van der Waals surface area (Å²) < 4.78 is 0. The molecule has 0 aromatic heterocycles. The van der Waals surface area contributed by atoms with Crippen LogP contribution in [0.2, 0.25) is 0 Å². The van der Waals surface area contributed by atoms with Crippen molar-refractivity contribution in [2.24, 2.45) is 29.1 Å². The van der Waals surface area contributed by atoms with Crippen molar-refractivity contribution in [3.63, 3.8) is 0 Å². The van der Waals surface area contributed by atoms with E-state index < -0.39 is 0 Å². The number of hydrogen-bond acceptors (Lipinski definition) is 1. The molecule has 3 fully saturated rings. The van der Waals surface area contributed by atoms with Crippen LogP contribution in [0.25, 0.3) is 0 Å². The molecule has 0 aromatic carbocycles. The van der Waals surface area contributed by atoms with Gasteiger partial charge in [-0.15, -0.1) is 0 Å². The van der Waals surface area contributed by atoms with Crippen LogP contribution in [-0.4, -0.2) is 11.2 Å². The highest BCUT2D eigenvalue weighted by atomic mass is 16.3. The number of hydrogen-bond donors (Lipinski definition) is 1. The van der Waals surface area contributed by atoms with Gasteiger partial charge in [-0.05, 0) is 67.6 Å². The molecular weight excluding hydrogens is 208 g/mol. The molecular formula is C16H28O. The van der Waals surface area contributed by atoms with Gasteiger partial charge in [-0.25, -0.2) is 0 Å². The van der Waals surface area contributed by atoms with Crippen molar-refractivity contribution < 1.29 is 5.11 Å². The molecule has 2 bridgehead atoms. The Morgan fingerprint density at radius 2 is 1.88 bits per heavy atom. The van der Waals surface area contributed by atoms with Crippen molar-refractivity contribution in [3.05, 3.63) is 0 Å². The van der Waals surface area contributed by atoms with E-state index in [9.17, 15) is 5.11 Å². The standard InChI is InChI=1S/C16H28O/c1-16(2)13-7-6-12(10-13)15(16)9-11-4-3-5-14(17)8-11/h11-15,17H,3-10H2,1-2H3. The van der Waals surface area contributed by atoms with Crippen LogP contribution in [0, 0.1) is 29.1 Å². The van der Waals surface area contributed by atoms with Crippen LogP contribution >= 0.6 is 0 Å². The lowest BCUT2D eigenvalue weighted by atomic mass is 9.64. The minimum atomic E-state index is 0.00968. The van der Waals surface area contributed by atoms with Gasteiger partial charge in [0.1, 0.15) is 0 Å². The second-order valence-electron chi connectivity index (χ2n) is 7.62. The molecule has 1 N–H and O–H groups in total. The summed E-state index contributed by atoms with van der Waals surface area (Å²) in [6.45, 7) is 5.03. The van der Waals surface area contributed by atoms with Crippen LogP contribution in [0.15, 0.2) is 0 Å². The monoisotopic (exact) mass is 236 g/mol. The van der Waals surface area contributed by atoms with E-state index in [4.69, 9.17) is 0 Å². The van der Waals surface area contributed by atoms with Gasteiger partial charge in [0.2, 0.25) is 0 Å². The summed E-state index contributed by atoms with van der Waals surface area (Å²) in [5.41, 5.74) is 0.589. The van der Waals surface area contributed by atoms with Gasteiger partial charge in [-0.1, -0.05) is 26.7 Å². The van der Waals surface area contributed by atoms with Crippen molar-refractivity contribution in [1.82, 2.24) is 0 Å². The summed E-state index contributed by atoms with van der Waals surface area (Å²) in [5, 5.41) is 9.82. The van der Waals surface area contributed by atoms with E-state index in [1.54, 1.807) is 0 Å². The molecule has 17 heavy (non-hydrogen) atoms. The van der Waals surface area contributed by atoms with Crippen molar-refractivity contribution in [2.45, 2.75) is 71.3 Å². The van der Waals surface area contributed by atoms with Gasteiger partial charge in [0.05, 0.1) is 6.10 Å². The lowest BCUT2D eigenvalue weighted by Crippen LogP contribution is -2.33. The Morgan fingerprint density at radius 1 is 1.06 bits per heavy atom. The fourth-order valence-electron chi connectivity index (χ4n) is 5.30. The highest BCUT2D eigenvalue weighted by Gasteiger charge is 2.52. The number of aliphatic hydroxyl groups excluding tert-OH is 1. The van der Waals surface area contributed by atoms with Gasteiger partial charge >= 0.3 is 0 Å². The summed E-state index contributed by atoms with van der Waals surface area (Å²) >= 11 is 0. The fraction of sp³-hybridized carbons (Fsp3) is 1.00. The molecule has 3 rings (SSSR count). The maximum Gasteiger partial charge on any atom is 0.0542 e. The normalized spacial score (nSPS) is 48.5. The molecule has 1 heteroatoms. The van der Waals surface area contributed by atoms with Crippen LogP contribution in [0.4, 0.5) is 0 Å². The van der Waals surface area contributed by atoms with Crippen LogP contribution in [0.1, 0.15) is 65.2 Å². The van der Waals surface area contributed by atoms with Crippen LogP contribution in [0.3, 0.4) is 0 Å². The Labute approximate surface area is 106 Å². The molecule has 1 nitrogen and oxygen atoms in total. The minimum Gasteiger partial charge on any atom is -0.393 e.